The monoisotopic (exact) mass is 313 g/mol. The Balaban J connectivity index is 1.72. The maximum atomic E-state index is 12.8. The van der Waals surface area contributed by atoms with E-state index in [-0.39, 0.29) is 11.4 Å². The van der Waals surface area contributed by atoms with Gasteiger partial charge in [0.15, 0.2) is 0 Å². The van der Waals surface area contributed by atoms with Crippen molar-refractivity contribution in [2.75, 3.05) is 32.9 Å². The van der Waals surface area contributed by atoms with E-state index in [1.807, 2.05) is 19.0 Å². The first-order chi connectivity index (χ1) is 9.99. The van der Waals surface area contributed by atoms with Crippen molar-refractivity contribution in [3.63, 3.8) is 0 Å². The third-order valence-corrected chi connectivity index (χ3v) is 6.19. The SMILES string of the molecule is CN(C)C1CCN(C(=O)N2C(C(=O)O)CSC2C2CC2)C1. The van der Waals surface area contributed by atoms with E-state index in [0.29, 0.717) is 24.3 Å². The molecule has 7 heteroatoms. The van der Waals surface area contributed by atoms with Gasteiger partial charge in [0.2, 0.25) is 0 Å². The van der Waals surface area contributed by atoms with E-state index < -0.39 is 12.0 Å². The number of hydrogen-bond donors (Lipinski definition) is 1. The first kappa shape index (κ1) is 15.0. The van der Waals surface area contributed by atoms with Crippen molar-refractivity contribution in [3.05, 3.63) is 0 Å². The second-order valence-electron chi connectivity index (χ2n) is 6.46. The van der Waals surface area contributed by atoms with Crippen LogP contribution in [0.1, 0.15) is 19.3 Å². The number of amides is 2. The Labute approximate surface area is 129 Å². The van der Waals surface area contributed by atoms with E-state index in [9.17, 15) is 14.7 Å². The van der Waals surface area contributed by atoms with Crippen LogP contribution < -0.4 is 0 Å². The van der Waals surface area contributed by atoms with E-state index in [1.165, 1.54) is 0 Å². The van der Waals surface area contributed by atoms with Crippen LogP contribution in [0.3, 0.4) is 0 Å². The molecule has 6 nitrogen and oxygen atoms in total. The maximum absolute atomic E-state index is 12.8. The molecule has 0 aromatic rings. The fraction of sp³-hybridized carbons (Fsp3) is 0.857. The number of carboxylic acid groups (broad SMARTS) is 1. The summed E-state index contributed by atoms with van der Waals surface area (Å²) in [5.74, 6) is 0.144. The molecule has 3 fully saturated rings. The third kappa shape index (κ3) is 2.85. The predicted molar refractivity (Wildman–Crippen MR) is 81.3 cm³/mol. The first-order valence-corrected chi connectivity index (χ1v) is 8.62. The molecule has 21 heavy (non-hydrogen) atoms. The number of hydrogen-bond acceptors (Lipinski definition) is 4. The van der Waals surface area contributed by atoms with Crippen molar-refractivity contribution in [2.24, 2.45) is 5.92 Å². The normalized spacial score (nSPS) is 33.0. The van der Waals surface area contributed by atoms with Crippen LogP contribution in [0, 0.1) is 5.92 Å². The minimum atomic E-state index is -0.873. The number of carbonyl (C=O) groups excluding carboxylic acids is 1. The van der Waals surface area contributed by atoms with Gasteiger partial charge in [0.25, 0.3) is 0 Å². The van der Waals surface area contributed by atoms with Gasteiger partial charge >= 0.3 is 12.0 Å². The summed E-state index contributed by atoms with van der Waals surface area (Å²) in [4.78, 5) is 29.9. The predicted octanol–water partition coefficient (Wildman–Crippen LogP) is 0.980. The fourth-order valence-electron chi connectivity index (χ4n) is 3.21. The summed E-state index contributed by atoms with van der Waals surface area (Å²) in [7, 11) is 4.05. The number of aliphatic carboxylic acids is 1. The van der Waals surface area contributed by atoms with Gasteiger partial charge in [-0.3, -0.25) is 4.90 Å². The Bertz CT molecular complexity index is 441. The van der Waals surface area contributed by atoms with Crippen LogP contribution in [0.15, 0.2) is 0 Å². The fourth-order valence-corrected chi connectivity index (χ4v) is 4.83. The largest absolute Gasteiger partial charge is 0.480 e. The number of carboxylic acids is 1. The Morgan fingerprint density at radius 1 is 1.24 bits per heavy atom. The molecule has 1 aliphatic carbocycles. The van der Waals surface area contributed by atoms with Gasteiger partial charge in [0, 0.05) is 24.9 Å². The van der Waals surface area contributed by atoms with Crippen molar-refractivity contribution in [1.29, 1.82) is 0 Å². The van der Waals surface area contributed by atoms with Gasteiger partial charge in [-0.15, -0.1) is 11.8 Å². The van der Waals surface area contributed by atoms with Crippen molar-refractivity contribution in [3.8, 4) is 0 Å². The number of rotatable bonds is 3. The minimum absolute atomic E-state index is 0.0667. The standard InChI is InChI=1S/C14H23N3O3S/c1-15(2)10-5-6-16(7-10)14(20)17-11(13(18)19)8-21-12(17)9-3-4-9/h9-12H,3-8H2,1-2H3,(H,18,19). The van der Waals surface area contributed by atoms with Crippen LogP contribution in [0.2, 0.25) is 0 Å². The van der Waals surface area contributed by atoms with Gasteiger partial charge in [-0.25, -0.2) is 9.59 Å². The summed E-state index contributed by atoms with van der Waals surface area (Å²) in [6.45, 7) is 1.43. The highest BCUT2D eigenvalue weighted by molar-refractivity contribution is 8.00. The first-order valence-electron chi connectivity index (χ1n) is 7.57. The summed E-state index contributed by atoms with van der Waals surface area (Å²) in [5.41, 5.74) is 0. The summed E-state index contributed by atoms with van der Waals surface area (Å²) in [6.07, 6.45) is 3.20. The maximum Gasteiger partial charge on any atom is 0.327 e. The van der Waals surface area contributed by atoms with E-state index in [2.05, 4.69) is 4.90 Å². The van der Waals surface area contributed by atoms with Crippen LogP contribution in [0.4, 0.5) is 4.79 Å². The smallest absolute Gasteiger partial charge is 0.327 e. The average Bonchev–Trinajstić information content (AvgIpc) is 3.01. The number of carbonyl (C=O) groups is 2. The Hall–Kier alpha value is -0.950. The van der Waals surface area contributed by atoms with Crippen LogP contribution in [0.5, 0.6) is 0 Å². The molecule has 1 saturated carbocycles. The van der Waals surface area contributed by atoms with E-state index >= 15 is 0 Å². The van der Waals surface area contributed by atoms with Gasteiger partial charge in [-0.2, -0.15) is 0 Å². The van der Waals surface area contributed by atoms with E-state index in [0.717, 1.165) is 25.8 Å². The number of thioether (sulfide) groups is 1. The molecule has 1 N–H and O–H groups in total. The second kappa shape index (κ2) is 5.68. The zero-order chi connectivity index (χ0) is 15.1. The molecular formula is C14H23N3O3S. The van der Waals surface area contributed by atoms with Crippen LogP contribution in [-0.2, 0) is 4.79 Å². The Morgan fingerprint density at radius 3 is 2.48 bits per heavy atom. The highest BCUT2D eigenvalue weighted by Crippen LogP contribution is 2.45. The quantitative estimate of drug-likeness (QED) is 0.841. The van der Waals surface area contributed by atoms with Gasteiger partial charge < -0.3 is 14.9 Å². The third-order valence-electron chi connectivity index (χ3n) is 4.73. The zero-order valence-corrected chi connectivity index (χ0v) is 13.4. The molecule has 2 saturated heterocycles. The summed E-state index contributed by atoms with van der Waals surface area (Å²) in [5, 5.41) is 9.47. The summed E-state index contributed by atoms with van der Waals surface area (Å²) >= 11 is 1.64. The second-order valence-corrected chi connectivity index (χ2v) is 7.61. The lowest BCUT2D eigenvalue weighted by Crippen LogP contribution is -2.52. The summed E-state index contributed by atoms with van der Waals surface area (Å²) in [6, 6.07) is -0.355. The van der Waals surface area contributed by atoms with Crippen molar-refractivity contribution in [2.45, 2.75) is 36.7 Å². The number of likely N-dealkylation sites (tertiary alicyclic amines) is 1. The number of likely N-dealkylation sites (N-methyl/N-ethyl adjacent to an activating group) is 1. The van der Waals surface area contributed by atoms with Crippen molar-refractivity contribution < 1.29 is 14.7 Å². The molecule has 2 amide bonds. The Kier molecular flexibility index (Phi) is 4.05. The molecule has 0 aromatic carbocycles. The molecule has 3 rings (SSSR count). The van der Waals surface area contributed by atoms with Crippen LogP contribution >= 0.6 is 11.8 Å². The molecule has 0 spiro atoms. The number of urea groups is 1. The molecule has 2 heterocycles. The molecule has 0 aromatic heterocycles. The molecule has 118 valence electrons. The highest BCUT2D eigenvalue weighted by atomic mass is 32.2. The molecule has 0 bridgehead atoms. The molecule has 2 aliphatic heterocycles. The Morgan fingerprint density at radius 2 is 1.95 bits per heavy atom. The highest BCUT2D eigenvalue weighted by Gasteiger charge is 2.49. The lowest BCUT2D eigenvalue weighted by atomic mass is 10.2. The number of nitrogens with zero attached hydrogens (tertiary/aromatic N) is 3. The molecular weight excluding hydrogens is 290 g/mol. The zero-order valence-electron chi connectivity index (χ0n) is 12.6. The van der Waals surface area contributed by atoms with Gasteiger partial charge in [0.05, 0.1) is 5.37 Å². The molecule has 0 radical (unpaired) electrons. The van der Waals surface area contributed by atoms with Gasteiger partial charge in [-0.1, -0.05) is 0 Å². The van der Waals surface area contributed by atoms with Gasteiger partial charge in [0.1, 0.15) is 6.04 Å². The van der Waals surface area contributed by atoms with Crippen molar-refractivity contribution >= 4 is 23.8 Å². The molecule has 3 aliphatic rings. The van der Waals surface area contributed by atoms with E-state index in [4.69, 9.17) is 0 Å². The van der Waals surface area contributed by atoms with Crippen molar-refractivity contribution in [1.82, 2.24) is 14.7 Å². The van der Waals surface area contributed by atoms with E-state index in [1.54, 1.807) is 16.7 Å². The molecule has 3 unspecified atom stereocenters. The topological polar surface area (TPSA) is 64.1 Å². The average molecular weight is 313 g/mol. The lowest BCUT2D eigenvalue weighted by Gasteiger charge is -2.32. The molecule has 3 atom stereocenters. The van der Waals surface area contributed by atoms with Crippen LogP contribution in [0.25, 0.3) is 0 Å². The lowest BCUT2D eigenvalue weighted by molar-refractivity contribution is -0.141. The summed E-state index contributed by atoms with van der Waals surface area (Å²) < 4.78 is 0. The van der Waals surface area contributed by atoms with Crippen LogP contribution in [-0.4, -0.2) is 82.2 Å². The van der Waals surface area contributed by atoms with Gasteiger partial charge in [-0.05, 0) is 39.3 Å². The minimum Gasteiger partial charge on any atom is -0.480 e.